The minimum Gasteiger partial charge on any atom is -0.453 e. The number of nitrogens with one attached hydrogen (secondary N) is 1. The molecule has 0 saturated carbocycles. The molecule has 0 amide bonds. The quantitative estimate of drug-likeness (QED) is 0.811. The number of halogens is 1. The minimum atomic E-state index is 0.168. The van der Waals surface area contributed by atoms with Crippen molar-refractivity contribution in [1.29, 1.82) is 0 Å². The van der Waals surface area contributed by atoms with Gasteiger partial charge in [0.15, 0.2) is 4.67 Å². The fraction of sp³-hybridized carbons (Fsp3) is 0.375. The number of hydrogen-bond acceptors (Lipinski definition) is 3. The number of rotatable bonds is 7. The Balaban J connectivity index is 1.96. The zero-order valence-electron chi connectivity index (χ0n) is 11.9. The Kier molecular flexibility index (Phi) is 5.83. The highest BCUT2D eigenvalue weighted by Gasteiger charge is 2.10. The van der Waals surface area contributed by atoms with Gasteiger partial charge in [-0.1, -0.05) is 24.3 Å². The van der Waals surface area contributed by atoms with Crippen LogP contribution in [0, 0.1) is 0 Å². The topological polar surface area (TPSA) is 34.4 Å². The molecule has 0 aliphatic heterocycles. The molecule has 20 heavy (non-hydrogen) atoms. The maximum absolute atomic E-state index is 5.56. The molecule has 0 radical (unpaired) electrons. The largest absolute Gasteiger partial charge is 0.453 e. The smallest absolute Gasteiger partial charge is 0.169 e. The first-order valence-electron chi connectivity index (χ1n) is 6.84. The van der Waals surface area contributed by atoms with E-state index < -0.39 is 0 Å². The van der Waals surface area contributed by atoms with E-state index in [0.29, 0.717) is 6.61 Å². The SMILES string of the molecule is CCOCc1ccccc1CNC(C)c1ccc(Br)o1. The molecule has 0 aliphatic rings. The third kappa shape index (κ3) is 4.20. The molecule has 0 fully saturated rings. The predicted octanol–water partition coefficient (Wildman–Crippen LogP) is 4.43. The van der Waals surface area contributed by atoms with Gasteiger partial charge in [-0.15, -0.1) is 0 Å². The van der Waals surface area contributed by atoms with Crippen molar-refractivity contribution in [1.82, 2.24) is 5.32 Å². The van der Waals surface area contributed by atoms with E-state index in [1.165, 1.54) is 11.1 Å². The normalized spacial score (nSPS) is 12.6. The maximum Gasteiger partial charge on any atom is 0.169 e. The van der Waals surface area contributed by atoms with Crippen molar-refractivity contribution >= 4 is 15.9 Å². The van der Waals surface area contributed by atoms with E-state index in [2.05, 4.69) is 46.4 Å². The predicted molar refractivity (Wildman–Crippen MR) is 83.4 cm³/mol. The van der Waals surface area contributed by atoms with Gasteiger partial charge in [0.1, 0.15) is 5.76 Å². The highest BCUT2D eigenvalue weighted by Crippen LogP contribution is 2.20. The highest BCUT2D eigenvalue weighted by molar-refractivity contribution is 9.10. The van der Waals surface area contributed by atoms with Crippen LogP contribution < -0.4 is 5.32 Å². The van der Waals surface area contributed by atoms with Crippen molar-refractivity contribution in [2.75, 3.05) is 6.61 Å². The first-order chi connectivity index (χ1) is 9.70. The molecule has 108 valence electrons. The van der Waals surface area contributed by atoms with Gasteiger partial charge in [0.25, 0.3) is 0 Å². The van der Waals surface area contributed by atoms with Crippen LogP contribution in [0.15, 0.2) is 45.5 Å². The third-order valence-electron chi connectivity index (χ3n) is 3.20. The fourth-order valence-electron chi connectivity index (χ4n) is 2.01. The molecule has 1 unspecified atom stereocenters. The Hall–Kier alpha value is -1.10. The molecular weight excluding hydrogens is 318 g/mol. The molecule has 1 heterocycles. The van der Waals surface area contributed by atoms with Crippen LogP contribution in [0.25, 0.3) is 0 Å². The monoisotopic (exact) mass is 337 g/mol. The Morgan fingerprint density at radius 2 is 1.95 bits per heavy atom. The molecule has 0 bridgehead atoms. The summed E-state index contributed by atoms with van der Waals surface area (Å²) < 4.78 is 11.8. The fourth-order valence-corrected chi connectivity index (χ4v) is 2.33. The van der Waals surface area contributed by atoms with Gasteiger partial charge in [-0.3, -0.25) is 0 Å². The molecule has 1 aromatic carbocycles. The molecule has 2 rings (SSSR count). The lowest BCUT2D eigenvalue weighted by molar-refractivity contribution is 0.133. The first kappa shape index (κ1) is 15.3. The van der Waals surface area contributed by atoms with Crippen molar-refractivity contribution in [3.05, 3.63) is 58.0 Å². The van der Waals surface area contributed by atoms with E-state index >= 15 is 0 Å². The van der Waals surface area contributed by atoms with Crippen LogP contribution in [0.5, 0.6) is 0 Å². The van der Waals surface area contributed by atoms with Crippen LogP contribution >= 0.6 is 15.9 Å². The second-order valence-electron chi connectivity index (χ2n) is 4.65. The van der Waals surface area contributed by atoms with Crippen molar-refractivity contribution in [3.8, 4) is 0 Å². The number of hydrogen-bond donors (Lipinski definition) is 1. The summed E-state index contributed by atoms with van der Waals surface area (Å²) in [4.78, 5) is 0. The lowest BCUT2D eigenvalue weighted by Gasteiger charge is -2.14. The van der Waals surface area contributed by atoms with Gasteiger partial charge < -0.3 is 14.5 Å². The standard InChI is InChI=1S/C16H20BrNO2/c1-3-19-11-14-7-5-4-6-13(14)10-18-12(2)15-8-9-16(17)20-15/h4-9,12,18H,3,10-11H2,1-2H3. The van der Waals surface area contributed by atoms with Gasteiger partial charge in [0, 0.05) is 13.2 Å². The average Bonchev–Trinajstić information content (AvgIpc) is 2.90. The van der Waals surface area contributed by atoms with E-state index in [1.807, 2.05) is 25.1 Å². The molecule has 0 aliphatic carbocycles. The van der Waals surface area contributed by atoms with Crippen molar-refractivity contribution in [3.63, 3.8) is 0 Å². The molecule has 0 spiro atoms. The summed E-state index contributed by atoms with van der Waals surface area (Å²) in [6.45, 7) is 6.30. The number of furan rings is 1. The number of ether oxygens (including phenoxy) is 1. The Bertz CT molecular complexity index is 539. The second-order valence-corrected chi connectivity index (χ2v) is 5.43. The van der Waals surface area contributed by atoms with Gasteiger partial charge in [-0.05, 0) is 53.0 Å². The first-order valence-corrected chi connectivity index (χ1v) is 7.63. The van der Waals surface area contributed by atoms with Crippen molar-refractivity contribution in [2.45, 2.75) is 33.0 Å². The van der Waals surface area contributed by atoms with Crippen LogP contribution in [-0.4, -0.2) is 6.61 Å². The molecule has 1 atom stereocenters. The summed E-state index contributed by atoms with van der Waals surface area (Å²) in [5, 5.41) is 3.48. The zero-order valence-corrected chi connectivity index (χ0v) is 13.4. The van der Waals surface area contributed by atoms with Crippen molar-refractivity contribution in [2.24, 2.45) is 0 Å². The Labute approximate surface area is 128 Å². The van der Waals surface area contributed by atoms with Crippen LogP contribution in [0.1, 0.15) is 36.8 Å². The van der Waals surface area contributed by atoms with Crippen LogP contribution in [-0.2, 0) is 17.9 Å². The number of benzene rings is 1. The summed E-state index contributed by atoms with van der Waals surface area (Å²) in [5.74, 6) is 0.930. The van der Waals surface area contributed by atoms with Crippen LogP contribution in [0.3, 0.4) is 0 Å². The molecular formula is C16H20BrNO2. The average molecular weight is 338 g/mol. The molecule has 2 aromatic rings. The third-order valence-corrected chi connectivity index (χ3v) is 3.63. The summed E-state index contributed by atoms with van der Waals surface area (Å²) in [5.41, 5.74) is 2.49. The Morgan fingerprint density at radius 1 is 1.20 bits per heavy atom. The highest BCUT2D eigenvalue weighted by atomic mass is 79.9. The van der Waals surface area contributed by atoms with Gasteiger partial charge in [0.05, 0.1) is 12.6 Å². The van der Waals surface area contributed by atoms with E-state index in [4.69, 9.17) is 9.15 Å². The van der Waals surface area contributed by atoms with E-state index in [9.17, 15) is 0 Å². The van der Waals surface area contributed by atoms with Gasteiger partial charge >= 0.3 is 0 Å². The van der Waals surface area contributed by atoms with Crippen LogP contribution in [0.2, 0.25) is 0 Å². The van der Waals surface area contributed by atoms with Crippen molar-refractivity contribution < 1.29 is 9.15 Å². The van der Waals surface area contributed by atoms with E-state index in [0.717, 1.165) is 23.6 Å². The molecule has 3 nitrogen and oxygen atoms in total. The molecule has 0 saturated heterocycles. The zero-order chi connectivity index (χ0) is 14.4. The molecule has 4 heteroatoms. The maximum atomic E-state index is 5.56. The lowest BCUT2D eigenvalue weighted by Crippen LogP contribution is -2.18. The summed E-state index contributed by atoms with van der Waals surface area (Å²) in [6.07, 6.45) is 0. The van der Waals surface area contributed by atoms with Crippen LogP contribution in [0.4, 0.5) is 0 Å². The van der Waals surface area contributed by atoms with Gasteiger partial charge in [-0.25, -0.2) is 0 Å². The van der Waals surface area contributed by atoms with E-state index in [1.54, 1.807) is 0 Å². The minimum absolute atomic E-state index is 0.168. The molecule has 1 N–H and O–H groups in total. The summed E-state index contributed by atoms with van der Waals surface area (Å²) in [7, 11) is 0. The Morgan fingerprint density at radius 3 is 2.60 bits per heavy atom. The van der Waals surface area contributed by atoms with Gasteiger partial charge in [-0.2, -0.15) is 0 Å². The second kappa shape index (κ2) is 7.62. The summed E-state index contributed by atoms with van der Waals surface area (Å²) >= 11 is 3.33. The summed E-state index contributed by atoms with van der Waals surface area (Å²) in [6, 6.07) is 12.4. The molecule has 1 aromatic heterocycles. The van der Waals surface area contributed by atoms with E-state index in [-0.39, 0.29) is 6.04 Å². The van der Waals surface area contributed by atoms with Gasteiger partial charge in [0.2, 0.25) is 0 Å². The lowest BCUT2D eigenvalue weighted by atomic mass is 10.1.